The third-order valence-corrected chi connectivity index (χ3v) is 9.53. The molecule has 0 aromatic rings. The van der Waals surface area contributed by atoms with Crippen molar-refractivity contribution in [3.05, 3.63) is 11.6 Å². The Labute approximate surface area is 168 Å². The summed E-state index contributed by atoms with van der Waals surface area (Å²) >= 11 is 0. The summed E-state index contributed by atoms with van der Waals surface area (Å²) in [6.45, 7) is 8.57. The molecule has 5 aliphatic rings. The molecule has 28 heavy (non-hydrogen) atoms. The second-order valence-electron chi connectivity index (χ2n) is 10.6. The number of ether oxygens (including phenoxy) is 2. The van der Waals surface area contributed by atoms with Gasteiger partial charge in [-0.2, -0.15) is 0 Å². The van der Waals surface area contributed by atoms with Gasteiger partial charge in [-0.25, -0.2) is 0 Å². The van der Waals surface area contributed by atoms with E-state index in [2.05, 4.69) is 20.8 Å². The number of hydrogen-bond acceptors (Lipinski definition) is 4. The minimum Gasteiger partial charge on any atom is -0.349 e. The van der Waals surface area contributed by atoms with Crippen LogP contribution in [-0.2, 0) is 19.1 Å². The van der Waals surface area contributed by atoms with Gasteiger partial charge in [0.25, 0.3) is 0 Å². The average molecular weight is 387 g/mol. The van der Waals surface area contributed by atoms with Crippen molar-refractivity contribution in [1.29, 1.82) is 0 Å². The molecule has 8 unspecified atom stereocenters. The molecular weight excluding hydrogens is 352 g/mol. The third-order valence-electron chi connectivity index (χ3n) is 9.53. The predicted octanol–water partition coefficient (Wildman–Crippen LogP) is 4.61. The fraction of sp³-hybridized carbons (Fsp3) is 0.833. The fourth-order valence-corrected chi connectivity index (χ4v) is 8.25. The molecule has 2 bridgehead atoms. The van der Waals surface area contributed by atoms with E-state index in [1.165, 1.54) is 5.57 Å². The van der Waals surface area contributed by atoms with Crippen LogP contribution in [0, 0.1) is 28.6 Å². The normalized spacial score (nSPS) is 52.4. The Morgan fingerprint density at radius 2 is 1.96 bits per heavy atom. The van der Waals surface area contributed by atoms with Gasteiger partial charge in [-0.15, -0.1) is 0 Å². The Bertz CT molecular complexity index is 756. The lowest BCUT2D eigenvalue weighted by atomic mass is 9.45. The standard InChI is InChI=1S/C24H34O4/c1-5-20-27-19-13-24(28-20)18-7-6-15-12-16(26)8-10-22(15,3)17(18)9-11-23(24,4)21(19)14(2)25/h12,17-21H,5-11,13H2,1-4H3. The zero-order valence-electron chi connectivity index (χ0n) is 17.8. The van der Waals surface area contributed by atoms with E-state index < -0.39 is 0 Å². The maximum Gasteiger partial charge on any atom is 0.158 e. The number of rotatable bonds is 2. The van der Waals surface area contributed by atoms with Gasteiger partial charge >= 0.3 is 0 Å². The Kier molecular flexibility index (Phi) is 4.08. The zero-order valence-corrected chi connectivity index (χ0v) is 17.8. The maximum absolute atomic E-state index is 12.7. The zero-order chi connectivity index (χ0) is 19.9. The summed E-state index contributed by atoms with van der Waals surface area (Å²) in [6.07, 6.45) is 9.31. The number of allylic oxidation sites excluding steroid dienone is 1. The van der Waals surface area contributed by atoms with Crippen molar-refractivity contribution < 1.29 is 19.1 Å². The SMILES string of the molecule is CCC1OC2CC3(O1)C1CCC4=CC(=O)CCC4(C)C1CCC3(C)C2C(C)=O. The van der Waals surface area contributed by atoms with E-state index in [-0.39, 0.29) is 40.5 Å². The summed E-state index contributed by atoms with van der Waals surface area (Å²) in [5.41, 5.74) is 1.09. The summed E-state index contributed by atoms with van der Waals surface area (Å²) < 4.78 is 13.1. The highest BCUT2D eigenvalue weighted by atomic mass is 16.7. The summed E-state index contributed by atoms with van der Waals surface area (Å²) in [4.78, 5) is 24.8. The van der Waals surface area contributed by atoms with E-state index in [1.54, 1.807) is 6.92 Å². The van der Waals surface area contributed by atoms with Crippen molar-refractivity contribution in [1.82, 2.24) is 0 Å². The van der Waals surface area contributed by atoms with Gasteiger partial charge in [-0.1, -0.05) is 26.3 Å². The molecule has 5 rings (SSSR count). The third kappa shape index (κ3) is 2.19. The van der Waals surface area contributed by atoms with Gasteiger partial charge in [-0.05, 0) is 68.8 Å². The van der Waals surface area contributed by atoms with Crippen LogP contribution in [0.1, 0.15) is 79.1 Å². The van der Waals surface area contributed by atoms with Crippen molar-refractivity contribution in [2.75, 3.05) is 0 Å². The molecule has 4 fully saturated rings. The Morgan fingerprint density at radius 3 is 2.68 bits per heavy atom. The van der Waals surface area contributed by atoms with Crippen molar-refractivity contribution in [2.45, 2.75) is 97.1 Å². The number of ketones is 2. The first-order valence-electron chi connectivity index (χ1n) is 11.3. The molecule has 8 atom stereocenters. The number of Topliss-reactive ketones (excluding diaryl/α,β-unsaturated/α-hetero) is 1. The van der Waals surface area contributed by atoms with Gasteiger partial charge in [0.1, 0.15) is 5.78 Å². The van der Waals surface area contributed by atoms with Gasteiger partial charge < -0.3 is 9.47 Å². The molecule has 1 saturated heterocycles. The Balaban J connectivity index is 1.60. The molecule has 0 aromatic heterocycles. The van der Waals surface area contributed by atoms with E-state index in [9.17, 15) is 9.59 Å². The first-order valence-corrected chi connectivity index (χ1v) is 11.3. The van der Waals surface area contributed by atoms with Crippen LogP contribution in [0.25, 0.3) is 0 Å². The lowest BCUT2D eigenvalue weighted by Gasteiger charge is -2.63. The molecule has 0 aromatic carbocycles. The molecule has 0 radical (unpaired) electrons. The predicted molar refractivity (Wildman–Crippen MR) is 106 cm³/mol. The largest absolute Gasteiger partial charge is 0.349 e. The van der Waals surface area contributed by atoms with E-state index >= 15 is 0 Å². The molecule has 1 heterocycles. The number of carbonyl (C=O) groups is 2. The monoisotopic (exact) mass is 386 g/mol. The van der Waals surface area contributed by atoms with Crippen LogP contribution in [0.15, 0.2) is 11.6 Å². The van der Waals surface area contributed by atoms with Crippen LogP contribution in [0.5, 0.6) is 0 Å². The van der Waals surface area contributed by atoms with Crippen LogP contribution >= 0.6 is 0 Å². The molecule has 4 aliphatic carbocycles. The number of carbonyl (C=O) groups excluding carboxylic acids is 2. The maximum atomic E-state index is 12.7. The summed E-state index contributed by atoms with van der Waals surface area (Å²) in [7, 11) is 0. The Hall–Kier alpha value is -1.00. The molecule has 1 spiro atoms. The van der Waals surface area contributed by atoms with Crippen LogP contribution < -0.4 is 0 Å². The molecule has 1 aliphatic heterocycles. The van der Waals surface area contributed by atoms with Gasteiger partial charge in [-0.3, -0.25) is 9.59 Å². The Morgan fingerprint density at radius 1 is 1.18 bits per heavy atom. The topological polar surface area (TPSA) is 52.6 Å². The number of fused-ring (bicyclic) bond motifs is 4. The minimum absolute atomic E-state index is 0.00220. The lowest BCUT2D eigenvalue weighted by molar-refractivity contribution is -0.309. The van der Waals surface area contributed by atoms with Crippen LogP contribution in [0.4, 0.5) is 0 Å². The van der Waals surface area contributed by atoms with E-state index in [0.717, 1.165) is 44.9 Å². The smallest absolute Gasteiger partial charge is 0.158 e. The van der Waals surface area contributed by atoms with Gasteiger partial charge in [0.2, 0.25) is 0 Å². The molecule has 4 nitrogen and oxygen atoms in total. The van der Waals surface area contributed by atoms with Crippen molar-refractivity contribution >= 4 is 11.6 Å². The quantitative estimate of drug-likeness (QED) is 0.695. The minimum atomic E-state index is -0.258. The molecule has 3 saturated carbocycles. The highest BCUT2D eigenvalue weighted by Crippen LogP contribution is 2.71. The molecule has 154 valence electrons. The van der Waals surface area contributed by atoms with Crippen LogP contribution in [-0.4, -0.2) is 29.6 Å². The summed E-state index contributed by atoms with van der Waals surface area (Å²) in [6, 6.07) is 0. The van der Waals surface area contributed by atoms with Gasteiger partial charge in [0.15, 0.2) is 12.1 Å². The van der Waals surface area contributed by atoms with E-state index in [0.29, 0.717) is 24.0 Å². The van der Waals surface area contributed by atoms with Crippen molar-refractivity contribution in [2.24, 2.45) is 28.6 Å². The van der Waals surface area contributed by atoms with Crippen LogP contribution in [0.3, 0.4) is 0 Å². The molecule has 0 N–H and O–H groups in total. The second-order valence-corrected chi connectivity index (χ2v) is 10.6. The highest BCUT2D eigenvalue weighted by Gasteiger charge is 2.73. The van der Waals surface area contributed by atoms with Crippen molar-refractivity contribution in [3.8, 4) is 0 Å². The van der Waals surface area contributed by atoms with Gasteiger partial charge in [0.05, 0.1) is 17.6 Å². The molecular formula is C24H34O4. The first kappa shape index (κ1) is 19.0. The van der Waals surface area contributed by atoms with Crippen molar-refractivity contribution in [3.63, 3.8) is 0 Å². The highest BCUT2D eigenvalue weighted by molar-refractivity contribution is 5.91. The fourth-order valence-electron chi connectivity index (χ4n) is 8.25. The van der Waals surface area contributed by atoms with E-state index in [1.807, 2.05) is 6.08 Å². The summed E-state index contributed by atoms with van der Waals surface area (Å²) in [5.74, 6) is 1.50. The molecule has 0 amide bonds. The van der Waals surface area contributed by atoms with E-state index in [4.69, 9.17) is 9.47 Å². The second kappa shape index (κ2) is 6.01. The van der Waals surface area contributed by atoms with Gasteiger partial charge in [0, 0.05) is 18.3 Å². The lowest BCUT2D eigenvalue weighted by Crippen LogP contribution is -2.63. The summed E-state index contributed by atoms with van der Waals surface area (Å²) in [5, 5.41) is 0. The first-order chi connectivity index (χ1) is 13.2. The van der Waals surface area contributed by atoms with Crippen LogP contribution in [0.2, 0.25) is 0 Å². The number of hydrogen-bond donors (Lipinski definition) is 0. The molecule has 4 heteroatoms. The average Bonchev–Trinajstić information content (AvgIpc) is 2.84.